The Morgan fingerprint density at radius 2 is 1.20 bits per heavy atom. The summed E-state index contributed by atoms with van der Waals surface area (Å²) in [4.78, 5) is 0. The fourth-order valence-electron chi connectivity index (χ4n) is 1.67. The van der Waals surface area contributed by atoms with E-state index in [4.69, 9.17) is 0 Å². The summed E-state index contributed by atoms with van der Waals surface area (Å²) >= 11 is 0. The van der Waals surface area contributed by atoms with Crippen LogP contribution < -0.4 is 5.73 Å². The van der Waals surface area contributed by atoms with E-state index in [1.165, 1.54) is 38.5 Å². The van der Waals surface area contributed by atoms with Crippen molar-refractivity contribution in [2.75, 3.05) is 0 Å². The molecule has 0 saturated heterocycles. The Labute approximate surface area is 92.4 Å². The zero-order valence-corrected chi connectivity index (χ0v) is 9.90. The third-order valence-electron chi connectivity index (χ3n) is 2.61. The highest BCUT2D eigenvalue weighted by atomic mass is 19.3. The lowest BCUT2D eigenvalue weighted by atomic mass is 10.1. The Kier molecular flexibility index (Phi) is 8.97. The molecule has 0 bridgehead atoms. The van der Waals surface area contributed by atoms with E-state index in [0.717, 1.165) is 12.8 Å². The average Bonchev–Trinajstić information content (AvgIpc) is 2.14. The summed E-state index contributed by atoms with van der Waals surface area (Å²) < 4.78 is 24.4. The lowest BCUT2D eigenvalue weighted by Crippen LogP contribution is -2.27. The monoisotopic (exact) mass is 221 g/mol. The zero-order chi connectivity index (χ0) is 11.6. The minimum Gasteiger partial charge on any atom is -0.272 e. The van der Waals surface area contributed by atoms with Gasteiger partial charge in [-0.1, -0.05) is 58.3 Å². The van der Waals surface area contributed by atoms with Crippen molar-refractivity contribution in [3.8, 4) is 0 Å². The van der Waals surface area contributed by atoms with Crippen LogP contribution in [0.15, 0.2) is 0 Å². The van der Waals surface area contributed by atoms with E-state index in [1.54, 1.807) is 0 Å². The van der Waals surface area contributed by atoms with Gasteiger partial charge in [-0.3, -0.25) is 5.73 Å². The summed E-state index contributed by atoms with van der Waals surface area (Å²) in [6, 6.07) is -2.96. The molecule has 0 fully saturated rings. The summed E-state index contributed by atoms with van der Waals surface area (Å²) in [5.74, 6) is 0. The number of alkyl halides is 2. The van der Waals surface area contributed by atoms with Crippen LogP contribution in [0.5, 0.6) is 0 Å². The minimum atomic E-state index is -2.96. The van der Waals surface area contributed by atoms with Crippen LogP contribution >= 0.6 is 0 Å². The Hall–Kier alpha value is -0.180. The molecule has 0 atom stereocenters. The molecule has 0 aromatic rings. The van der Waals surface area contributed by atoms with E-state index in [2.05, 4.69) is 12.7 Å². The number of hydrogen-bond donors (Lipinski definition) is 1. The second-order valence-corrected chi connectivity index (χ2v) is 4.34. The van der Waals surface area contributed by atoms with Crippen molar-refractivity contribution in [1.82, 2.24) is 0 Å². The van der Waals surface area contributed by atoms with Crippen LogP contribution in [0.2, 0.25) is 0 Å². The topological polar surface area (TPSA) is 26.0 Å². The maximum absolute atomic E-state index is 12.2. The Bertz CT molecular complexity index is 132. The SMILES string of the molecule is CCCCCCCCCCCC(N)(F)F. The maximum Gasteiger partial charge on any atom is 0.300 e. The van der Waals surface area contributed by atoms with E-state index < -0.39 is 6.05 Å². The third-order valence-corrected chi connectivity index (χ3v) is 2.61. The molecule has 0 aromatic carbocycles. The van der Waals surface area contributed by atoms with Gasteiger partial charge < -0.3 is 0 Å². The highest BCUT2D eigenvalue weighted by Crippen LogP contribution is 2.16. The van der Waals surface area contributed by atoms with E-state index in [-0.39, 0.29) is 6.42 Å². The highest BCUT2D eigenvalue weighted by Gasteiger charge is 2.20. The van der Waals surface area contributed by atoms with Gasteiger partial charge in [0.15, 0.2) is 0 Å². The van der Waals surface area contributed by atoms with Crippen LogP contribution in [0.4, 0.5) is 8.78 Å². The molecule has 0 radical (unpaired) electrons. The Morgan fingerprint density at radius 3 is 1.60 bits per heavy atom. The molecule has 0 amide bonds. The van der Waals surface area contributed by atoms with Gasteiger partial charge in [0, 0.05) is 6.42 Å². The first-order valence-corrected chi connectivity index (χ1v) is 6.23. The van der Waals surface area contributed by atoms with Gasteiger partial charge >= 0.3 is 0 Å². The summed E-state index contributed by atoms with van der Waals surface area (Å²) in [6.07, 6.45) is 9.98. The molecule has 2 N–H and O–H groups in total. The van der Waals surface area contributed by atoms with Gasteiger partial charge in [0.1, 0.15) is 0 Å². The van der Waals surface area contributed by atoms with Crippen molar-refractivity contribution in [2.24, 2.45) is 5.73 Å². The van der Waals surface area contributed by atoms with Crippen molar-refractivity contribution < 1.29 is 8.78 Å². The predicted molar refractivity (Wildman–Crippen MR) is 61.0 cm³/mol. The molecule has 0 saturated carbocycles. The largest absolute Gasteiger partial charge is 0.300 e. The highest BCUT2D eigenvalue weighted by molar-refractivity contribution is 4.56. The number of halogens is 2. The average molecular weight is 221 g/mol. The second-order valence-electron chi connectivity index (χ2n) is 4.34. The number of rotatable bonds is 10. The van der Waals surface area contributed by atoms with E-state index in [9.17, 15) is 8.78 Å². The van der Waals surface area contributed by atoms with Crippen molar-refractivity contribution in [2.45, 2.75) is 77.2 Å². The fraction of sp³-hybridized carbons (Fsp3) is 1.00. The van der Waals surface area contributed by atoms with Crippen LogP contribution in [0.3, 0.4) is 0 Å². The van der Waals surface area contributed by atoms with Gasteiger partial charge in [0.25, 0.3) is 6.05 Å². The molecule has 0 aliphatic carbocycles. The second kappa shape index (κ2) is 9.08. The molecule has 0 unspecified atom stereocenters. The maximum atomic E-state index is 12.2. The number of hydrogen-bond acceptors (Lipinski definition) is 1. The molecule has 0 aliphatic rings. The minimum absolute atomic E-state index is 0.164. The molecule has 1 nitrogen and oxygen atoms in total. The Balaban J connectivity index is 2.99. The van der Waals surface area contributed by atoms with Crippen LogP contribution in [0.1, 0.15) is 71.1 Å². The smallest absolute Gasteiger partial charge is 0.272 e. The molecule has 0 spiro atoms. The van der Waals surface area contributed by atoms with Crippen LogP contribution in [-0.4, -0.2) is 6.05 Å². The number of unbranched alkanes of at least 4 members (excludes halogenated alkanes) is 8. The summed E-state index contributed by atoms with van der Waals surface area (Å²) in [7, 11) is 0. The molecule has 15 heavy (non-hydrogen) atoms. The summed E-state index contributed by atoms with van der Waals surface area (Å²) in [6.45, 7) is 2.20. The quantitative estimate of drug-likeness (QED) is 0.428. The van der Waals surface area contributed by atoms with E-state index >= 15 is 0 Å². The van der Waals surface area contributed by atoms with Gasteiger partial charge in [0.05, 0.1) is 0 Å². The van der Waals surface area contributed by atoms with Crippen molar-refractivity contribution in [1.29, 1.82) is 0 Å². The van der Waals surface area contributed by atoms with Gasteiger partial charge in [-0.25, -0.2) is 0 Å². The van der Waals surface area contributed by atoms with Gasteiger partial charge in [0.2, 0.25) is 0 Å². The van der Waals surface area contributed by atoms with Crippen LogP contribution in [0, 0.1) is 0 Å². The normalized spacial score (nSPS) is 12.0. The van der Waals surface area contributed by atoms with Crippen LogP contribution in [-0.2, 0) is 0 Å². The molecule has 0 aliphatic heterocycles. The lowest BCUT2D eigenvalue weighted by molar-refractivity contribution is -0.00318. The lowest BCUT2D eigenvalue weighted by Gasteiger charge is -2.08. The summed E-state index contributed by atoms with van der Waals surface area (Å²) in [5.41, 5.74) is 4.60. The van der Waals surface area contributed by atoms with Crippen molar-refractivity contribution in [3.63, 3.8) is 0 Å². The first-order valence-electron chi connectivity index (χ1n) is 6.23. The fourth-order valence-corrected chi connectivity index (χ4v) is 1.67. The predicted octanol–water partition coefficient (Wildman–Crippen LogP) is 4.46. The first-order chi connectivity index (χ1) is 7.06. The molecule has 0 aromatic heterocycles. The molecular weight excluding hydrogens is 196 g/mol. The van der Waals surface area contributed by atoms with Crippen LogP contribution in [0.25, 0.3) is 0 Å². The molecule has 92 valence electrons. The van der Waals surface area contributed by atoms with E-state index in [0.29, 0.717) is 6.42 Å². The standard InChI is InChI=1S/C12H25F2N/c1-2-3-4-5-6-7-8-9-10-11-12(13,14)15/h2-11,15H2,1H3. The molecule has 0 heterocycles. The first kappa shape index (κ1) is 14.8. The van der Waals surface area contributed by atoms with Gasteiger partial charge in [-0.15, -0.1) is 0 Å². The van der Waals surface area contributed by atoms with Gasteiger partial charge in [-0.05, 0) is 6.42 Å². The summed E-state index contributed by atoms with van der Waals surface area (Å²) in [5, 5.41) is 0. The zero-order valence-electron chi connectivity index (χ0n) is 9.90. The van der Waals surface area contributed by atoms with Gasteiger partial charge in [-0.2, -0.15) is 8.78 Å². The Morgan fingerprint density at radius 1 is 0.800 bits per heavy atom. The molecular formula is C12H25F2N. The third kappa shape index (κ3) is 13.8. The van der Waals surface area contributed by atoms with E-state index in [1.807, 2.05) is 0 Å². The van der Waals surface area contributed by atoms with Crippen molar-refractivity contribution >= 4 is 0 Å². The number of nitrogens with two attached hydrogens (primary N) is 1. The molecule has 3 heteroatoms. The molecule has 0 rings (SSSR count). The van der Waals surface area contributed by atoms with Crippen molar-refractivity contribution in [3.05, 3.63) is 0 Å².